The second-order valence-corrected chi connectivity index (χ2v) is 3.23. The third-order valence-electron chi connectivity index (χ3n) is 1.92. The van der Waals surface area contributed by atoms with Gasteiger partial charge in [0.15, 0.2) is 0 Å². The molecule has 64 valence electrons. The van der Waals surface area contributed by atoms with Crippen molar-refractivity contribution in [2.45, 2.75) is 47.5 Å². The van der Waals surface area contributed by atoms with Crippen LogP contribution in [0.25, 0.3) is 0 Å². The normalized spacial score (nSPS) is 12.5. The first kappa shape index (κ1) is 10.5. The molecule has 0 saturated carbocycles. The minimum Gasteiger partial charge on any atom is -0.0762 e. The van der Waals surface area contributed by atoms with Crippen molar-refractivity contribution in [2.75, 3.05) is 0 Å². The van der Waals surface area contributed by atoms with E-state index in [0.29, 0.717) is 0 Å². The van der Waals surface area contributed by atoms with E-state index in [1.807, 2.05) is 0 Å². The summed E-state index contributed by atoms with van der Waals surface area (Å²) >= 11 is 0. The van der Waals surface area contributed by atoms with Crippen molar-refractivity contribution in [3.8, 4) is 0 Å². The van der Waals surface area contributed by atoms with Crippen LogP contribution >= 0.6 is 0 Å². The van der Waals surface area contributed by atoms with Crippen molar-refractivity contribution in [1.82, 2.24) is 0 Å². The van der Waals surface area contributed by atoms with Gasteiger partial charge in [-0.25, -0.2) is 0 Å². The van der Waals surface area contributed by atoms with Crippen LogP contribution in [0.4, 0.5) is 0 Å². The molecule has 0 radical (unpaired) electrons. The van der Waals surface area contributed by atoms with Crippen molar-refractivity contribution in [3.63, 3.8) is 0 Å². The Morgan fingerprint density at radius 3 is 1.82 bits per heavy atom. The largest absolute Gasteiger partial charge is 0.0762 e. The van der Waals surface area contributed by atoms with Crippen LogP contribution in [0.2, 0.25) is 0 Å². The van der Waals surface area contributed by atoms with Crippen molar-refractivity contribution >= 4 is 0 Å². The van der Waals surface area contributed by atoms with Gasteiger partial charge >= 0.3 is 0 Å². The Balaban J connectivity index is 4.52. The van der Waals surface area contributed by atoms with Gasteiger partial charge < -0.3 is 0 Å². The fraction of sp³-hybridized carbons (Fsp3) is 0.636. The fourth-order valence-electron chi connectivity index (χ4n) is 1.10. The SMILES string of the molecule is CCC(C)=C(C=C(C)C)CC. The van der Waals surface area contributed by atoms with Gasteiger partial charge in [-0.3, -0.25) is 0 Å². The molecule has 0 aromatic heterocycles. The maximum absolute atomic E-state index is 2.29. The van der Waals surface area contributed by atoms with Crippen LogP contribution in [-0.4, -0.2) is 0 Å². The number of hydrogen-bond donors (Lipinski definition) is 0. The van der Waals surface area contributed by atoms with E-state index in [1.54, 1.807) is 0 Å². The first-order valence-corrected chi connectivity index (χ1v) is 4.45. The maximum Gasteiger partial charge on any atom is -0.0308 e. The Labute approximate surface area is 71.0 Å². The number of rotatable bonds is 3. The standard InChI is InChI=1S/C11H20/c1-6-10(5)11(7-2)8-9(3)4/h8H,6-7H2,1-5H3. The lowest BCUT2D eigenvalue weighted by atomic mass is 10.0. The molecule has 0 aromatic carbocycles. The predicted octanol–water partition coefficient (Wildman–Crippen LogP) is 4.09. The van der Waals surface area contributed by atoms with E-state index >= 15 is 0 Å². The van der Waals surface area contributed by atoms with Crippen LogP contribution in [0, 0.1) is 0 Å². The Morgan fingerprint density at radius 1 is 1.00 bits per heavy atom. The first-order chi connectivity index (χ1) is 5.11. The van der Waals surface area contributed by atoms with Crippen molar-refractivity contribution in [1.29, 1.82) is 0 Å². The molecular weight excluding hydrogens is 132 g/mol. The molecule has 0 aliphatic carbocycles. The number of allylic oxidation sites excluding steroid dienone is 4. The smallest absolute Gasteiger partial charge is 0.0308 e. The lowest BCUT2D eigenvalue weighted by molar-refractivity contribution is 1.01. The van der Waals surface area contributed by atoms with Gasteiger partial charge in [0, 0.05) is 0 Å². The zero-order chi connectivity index (χ0) is 8.85. The van der Waals surface area contributed by atoms with E-state index in [1.165, 1.54) is 23.1 Å². The molecule has 0 bridgehead atoms. The highest BCUT2D eigenvalue weighted by Gasteiger charge is 1.93. The summed E-state index contributed by atoms with van der Waals surface area (Å²) in [7, 11) is 0. The molecule has 0 N–H and O–H groups in total. The van der Waals surface area contributed by atoms with E-state index in [0.717, 1.165) is 6.42 Å². The summed E-state index contributed by atoms with van der Waals surface area (Å²) < 4.78 is 0. The van der Waals surface area contributed by atoms with E-state index in [-0.39, 0.29) is 0 Å². The third-order valence-corrected chi connectivity index (χ3v) is 1.92. The van der Waals surface area contributed by atoms with Crippen molar-refractivity contribution < 1.29 is 0 Å². The minimum absolute atomic E-state index is 1.16. The van der Waals surface area contributed by atoms with Gasteiger partial charge in [-0.05, 0) is 39.2 Å². The molecule has 0 heteroatoms. The summed E-state index contributed by atoms with van der Waals surface area (Å²) in [5, 5.41) is 0. The minimum atomic E-state index is 1.16. The summed E-state index contributed by atoms with van der Waals surface area (Å²) in [6, 6.07) is 0. The van der Waals surface area contributed by atoms with E-state index in [4.69, 9.17) is 0 Å². The van der Waals surface area contributed by atoms with Gasteiger partial charge in [0.25, 0.3) is 0 Å². The molecule has 0 nitrogen and oxygen atoms in total. The molecule has 0 fully saturated rings. The molecule has 0 aromatic rings. The van der Waals surface area contributed by atoms with Crippen LogP contribution < -0.4 is 0 Å². The molecule has 0 aliphatic rings. The first-order valence-electron chi connectivity index (χ1n) is 4.45. The predicted molar refractivity (Wildman–Crippen MR) is 52.7 cm³/mol. The summed E-state index contributed by atoms with van der Waals surface area (Å²) in [5.41, 5.74) is 4.43. The number of hydrogen-bond acceptors (Lipinski definition) is 0. The Hall–Kier alpha value is -0.520. The van der Waals surface area contributed by atoms with Crippen LogP contribution in [0.15, 0.2) is 22.8 Å². The second-order valence-electron chi connectivity index (χ2n) is 3.23. The van der Waals surface area contributed by atoms with Crippen LogP contribution in [0.5, 0.6) is 0 Å². The molecule has 11 heavy (non-hydrogen) atoms. The molecule has 0 rings (SSSR count). The monoisotopic (exact) mass is 152 g/mol. The van der Waals surface area contributed by atoms with Gasteiger partial charge in [0.05, 0.1) is 0 Å². The molecule has 0 heterocycles. The van der Waals surface area contributed by atoms with Crippen molar-refractivity contribution in [3.05, 3.63) is 22.8 Å². The topological polar surface area (TPSA) is 0 Å². The quantitative estimate of drug-likeness (QED) is 0.534. The van der Waals surface area contributed by atoms with Gasteiger partial charge in [-0.15, -0.1) is 0 Å². The van der Waals surface area contributed by atoms with Crippen LogP contribution in [0.1, 0.15) is 47.5 Å². The van der Waals surface area contributed by atoms with Crippen LogP contribution in [-0.2, 0) is 0 Å². The molecule has 0 amide bonds. The second kappa shape index (κ2) is 5.17. The molecular formula is C11H20. The zero-order valence-electron chi connectivity index (χ0n) is 8.49. The Kier molecular flexibility index (Phi) is 4.93. The zero-order valence-corrected chi connectivity index (χ0v) is 8.49. The lowest BCUT2D eigenvalue weighted by Crippen LogP contribution is -1.83. The Bertz CT molecular complexity index is 166. The summed E-state index contributed by atoms with van der Waals surface area (Å²) in [6.07, 6.45) is 4.62. The third kappa shape index (κ3) is 4.02. The van der Waals surface area contributed by atoms with Gasteiger partial charge in [-0.2, -0.15) is 0 Å². The summed E-state index contributed by atoms with van der Waals surface area (Å²) in [6.45, 7) is 11.0. The van der Waals surface area contributed by atoms with Gasteiger partial charge in [0.2, 0.25) is 0 Å². The Morgan fingerprint density at radius 2 is 1.55 bits per heavy atom. The van der Waals surface area contributed by atoms with Gasteiger partial charge in [-0.1, -0.05) is 31.1 Å². The molecule has 0 atom stereocenters. The highest BCUT2D eigenvalue weighted by molar-refractivity contribution is 5.26. The molecule has 0 unspecified atom stereocenters. The van der Waals surface area contributed by atoms with Gasteiger partial charge in [0.1, 0.15) is 0 Å². The van der Waals surface area contributed by atoms with E-state index < -0.39 is 0 Å². The highest BCUT2D eigenvalue weighted by atomic mass is 14.0. The van der Waals surface area contributed by atoms with E-state index in [9.17, 15) is 0 Å². The lowest BCUT2D eigenvalue weighted by Gasteiger charge is -2.03. The average Bonchev–Trinajstić information content (AvgIpc) is 1.98. The summed E-state index contributed by atoms with van der Waals surface area (Å²) in [4.78, 5) is 0. The summed E-state index contributed by atoms with van der Waals surface area (Å²) in [5.74, 6) is 0. The van der Waals surface area contributed by atoms with Crippen molar-refractivity contribution in [2.24, 2.45) is 0 Å². The molecule has 0 spiro atoms. The van der Waals surface area contributed by atoms with E-state index in [2.05, 4.69) is 40.7 Å². The van der Waals surface area contributed by atoms with Crippen LogP contribution in [0.3, 0.4) is 0 Å². The highest BCUT2D eigenvalue weighted by Crippen LogP contribution is 2.14. The molecule has 0 saturated heterocycles. The average molecular weight is 152 g/mol. The fourth-order valence-corrected chi connectivity index (χ4v) is 1.10. The molecule has 0 aliphatic heterocycles. The maximum atomic E-state index is 2.29.